The van der Waals surface area contributed by atoms with Gasteiger partial charge in [-0.1, -0.05) is 0 Å². The van der Waals surface area contributed by atoms with Crippen LogP contribution < -0.4 is 0 Å². The second kappa shape index (κ2) is 7.02. The molecule has 0 saturated carbocycles. The predicted octanol–water partition coefficient (Wildman–Crippen LogP) is 2.16. The summed E-state index contributed by atoms with van der Waals surface area (Å²) in [5, 5.41) is 11.2. The van der Waals surface area contributed by atoms with Crippen LogP contribution in [0.3, 0.4) is 0 Å². The molecule has 7 nitrogen and oxygen atoms in total. The Hall–Kier alpha value is -2.38. The number of hydrogen-bond acceptors (Lipinski definition) is 5. The Labute approximate surface area is 140 Å². The minimum Gasteiger partial charge on any atom is -0.458 e. The zero-order valence-electron chi connectivity index (χ0n) is 13.5. The molecule has 0 radical (unpaired) electrons. The number of ether oxygens (including phenoxy) is 1. The van der Waals surface area contributed by atoms with Crippen LogP contribution in [-0.4, -0.2) is 50.7 Å². The van der Waals surface area contributed by atoms with Crippen molar-refractivity contribution in [2.24, 2.45) is 0 Å². The maximum Gasteiger partial charge on any atom is 0.152 e. The third kappa shape index (κ3) is 3.58. The highest BCUT2D eigenvalue weighted by molar-refractivity contribution is 5.51. The van der Waals surface area contributed by atoms with Crippen molar-refractivity contribution in [1.29, 1.82) is 0 Å². The van der Waals surface area contributed by atoms with Gasteiger partial charge in [0.25, 0.3) is 0 Å². The van der Waals surface area contributed by atoms with Crippen LogP contribution in [-0.2, 0) is 17.8 Å². The maximum absolute atomic E-state index is 5.96. The molecule has 7 heteroatoms. The van der Waals surface area contributed by atoms with Gasteiger partial charge < -0.3 is 9.15 Å². The topological polar surface area (TPSA) is 72.1 Å². The quantitative estimate of drug-likeness (QED) is 0.777. The number of aromatic amines is 1. The third-order valence-corrected chi connectivity index (χ3v) is 4.19. The SMILES string of the molecule is c1cnn(C[C@H]2CN(Cc3ccc(-c4ccn[nH]4)o3)CCCO2)c1. The number of nitrogens with zero attached hydrogens (tertiary/aromatic N) is 4. The number of aromatic nitrogens is 4. The smallest absolute Gasteiger partial charge is 0.152 e. The van der Waals surface area contributed by atoms with Crippen molar-refractivity contribution in [3.8, 4) is 11.5 Å². The molecule has 1 aliphatic rings. The lowest BCUT2D eigenvalue weighted by Crippen LogP contribution is -2.34. The Morgan fingerprint density at radius 2 is 2.25 bits per heavy atom. The molecular formula is C17H21N5O2. The average molecular weight is 327 g/mol. The summed E-state index contributed by atoms with van der Waals surface area (Å²) in [5.41, 5.74) is 0.900. The van der Waals surface area contributed by atoms with Crippen molar-refractivity contribution in [1.82, 2.24) is 24.9 Å². The van der Waals surface area contributed by atoms with E-state index in [9.17, 15) is 0 Å². The van der Waals surface area contributed by atoms with E-state index in [4.69, 9.17) is 9.15 Å². The van der Waals surface area contributed by atoms with E-state index in [2.05, 4.69) is 20.2 Å². The van der Waals surface area contributed by atoms with E-state index >= 15 is 0 Å². The monoisotopic (exact) mass is 327 g/mol. The molecule has 0 spiro atoms. The van der Waals surface area contributed by atoms with Gasteiger partial charge in [-0.05, 0) is 30.7 Å². The van der Waals surface area contributed by atoms with Crippen LogP contribution in [0, 0.1) is 0 Å². The van der Waals surface area contributed by atoms with E-state index in [0.717, 1.165) is 56.4 Å². The lowest BCUT2D eigenvalue weighted by Gasteiger charge is -2.22. The first-order chi connectivity index (χ1) is 11.9. The summed E-state index contributed by atoms with van der Waals surface area (Å²) in [7, 11) is 0. The molecule has 1 saturated heterocycles. The molecule has 3 aromatic rings. The van der Waals surface area contributed by atoms with Crippen molar-refractivity contribution >= 4 is 0 Å². The fraction of sp³-hybridized carbons (Fsp3) is 0.412. The minimum absolute atomic E-state index is 0.148. The number of nitrogens with one attached hydrogen (secondary N) is 1. The molecule has 0 aromatic carbocycles. The highest BCUT2D eigenvalue weighted by Crippen LogP contribution is 2.21. The van der Waals surface area contributed by atoms with E-state index < -0.39 is 0 Å². The number of rotatable bonds is 5. The lowest BCUT2D eigenvalue weighted by molar-refractivity contribution is 0.0384. The van der Waals surface area contributed by atoms with Gasteiger partial charge in [0.1, 0.15) is 11.5 Å². The van der Waals surface area contributed by atoms with Crippen LogP contribution in [0.25, 0.3) is 11.5 Å². The first-order valence-electron chi connectivity index (χ1n) is 8.27. The normalized spacial score (nSPS) is 19.4. The number of H-pyrrole nitrogens is 1. The number of hydrogen-bond donors (Lipinski definition) is 1. The summed E-state index contributed by atoms with van der Waals surface area (Å²) in [6, 6.07) is 7.86. The van der Waals surface area contributed by atoms with Crippen LogP contribution in [0.5, 0.6) is 0 Å². The van der Waals surface area contributed by atoms with Crippen LogP contribution >= 0.6 is 0 Å². The van der Waals surface area contributed by atoms with Crippen molar-refractivity contribution in [3.05, 3.63) is 48.6 Å². The number of furan rings is 1. The van der Waals surface area contributed by atoms with Crippen LogP contribution in [0.15, 0.2) is 47.3 Å². The fourth-order valence-electron chi connectivity index (χ4n) is 3.06. The zero-order chi connectivity index (χ0) is 16.2. The molecule has 0 bridgehead atoms. The van der Waals surface area contributed by atoms with E-state index in [-0.39, 0.29) is 6.10 Å². The minimum atomic E-state index is 0.148. The van der Waals surface area contributed by atoms with Crippen molar-refractivity contribution in [2.45, 2.75) is 25.6 Å². The Bertz CT molecular complexity index is 735. The summed E-state index contributed by atoms with van der Waals surface area (Å²) in [4.78, 5) is 2.39. The molecule has 1 N–H and O–H groups in total. The maximum atomic E-state index is 5.96. The molecule has 0 amide bonds. The molecule has 4 rings (SSSR count). The van der Waals surface area contributed by atoms with Gasteiger partial charge in [0.15, 0.2) is 5.76 Å². The van der Waals surface area contributed by atoms with Gasteiger partial charge in [-0.3, -0.25) is 14.7 Å². The summed E-state index contributed by atoms with van der Waals surface area (Å²) in [6.45, 7) is 4.24. The van der Waals surface area contributed by atoms with Crippen molar-refractivity contribution in [2.75, 3.05) is 19.7 Å². The molecule has 1 atom stereocenters. The second-order valence-electron chi connectivity index (χ2n) is 6.05. The molecule has 3 aromatic heterocycles. The van der Waals surface area contributed by atoms with Gasteiger partial charge >= 0.3 is 0 Å². The molecule has 0 aliphatic carbocycles. The zero-order valence-corrected chi connectivity index (χ0v) is 13.5. The summed E-state index contributed by atoms with van der Waals surface area (Å²) in [5.74, 6) is 1.78. The van der Waals surface area contributed by atoms with E-state index in [1.165, 1.54) is 0 Å². The highest BCUT2D eigenvalue weighted by atomic mass is 16.5. The Morgan fingerprint density at radius 1 is 1.25 bits per heavy atom. The van der Waals surface area contributed by atoms with Crippen molar-refractivity contribution < 1.29 is 9.15 Å². The molecule has 1 fully saturated rings. The van der Waals surface area contributed by atoms with Gasteiger partial charge in [-0.25, -0.2) is 0 Å². The summed E-state index contributed by atoms with van der Waals surface area (Å²) in [6.07, 6.45) is 6.68. The molecule has 24 heavy (non-hydrogen) atoms. The molecule has 0 unspecified atom stereocenters. The summed E-state index contributed by atoms with van der Waals surface area (Å²) >= 11 is 0. The van der Waals surface area contributed by atoms with Crippen LogP contribution in [0.1, 0.15) is 12.2 Å². The van der Waals surface area contributed by atoms with E-state index in [1.54, 1.807) is 12.4 Å². The third-order valence-electron chi connectivity index (χ3n) is 4.19. The van der Waals surface area contributed by atoms with Gasteiger partial charge in [0, 0.05) is 38.3 Å². The molecule has 126 valence electrons. The van der Waals surface area contributed by atoms with Gasteiger partial charge in [0.05, 0.1) is 19.2 Å². The van der Waals surface area contributed by atoms with Gasteiger partial charge in [0.2, 0.25) is 0 Å². The van der Waals surface area contributed by atoms with Crippen LogP contribution in [0.2, 0.25) is 0 Å². The van der Waals surface area contributed by atoms with Crippen molar-refractivity contribution in [3.63, 3.8) is 0 Å². The Morgan fingerprint density at radius 3 is 3.08 bits per heavy atom. The fourth-order valence-corrected chi connectivity index (χ4v) is 3.06. The van der Waals surface area contributed by atoms with E-state index in [1.807, 2.05) is 35.1 Å². The Balaban J connectivity index is 1.39. The summed E-state index contributed by atoms with van der Waals surface area (Å²) < 4.78 is 13.8. The largest absolute Gasteiger partial charge is 0.458 e. The van der Waals surface area contributed by atoms with E-state index in [0.29, 0.717) is 0 Å². The highest BCUT2D eigenvalue weighted by Gasteiger charge is 2.20. The lowest BCUT2D eigenvalue weighted by atomic mass is 10.3. The van der Waals surface area contributed by atoms with Gasteiger partial charge in [-0.15, -0.1) is 0 Å². The molecule has 4 heterocycles. The van der Waals surface area contributed by atoms with Crippen LogP contribution in [0.4, 0.5) is 0 Å². The van der Waals surface area contributed by atoms with Gasteiger partial charge in [-0.2, -0.15) is 10.2 Å². The molecule has 1 aliphatic heterocycles. The predicted molar refractivity (Wildman–Crippen MR) is 88.2 cm³/mol. The first-order valence-corrected chi connectivity index (χ1v) is 8.27. The standard InChI is InChI=1S/C17H21N5O2/c1-6-19-22(9-1)13-15-12-21(8-2-10-23-15)11-14-3-4-17(24-14)16-5-7-18-20-16/h1,3-7,9,15H,2,8,10-13H2,(H,18,20)/t15-/m1/s1. The molecular weight excluding hydrogens is 306 g/mol. The first kappa shape index (κ1) is 15.2. The Kier molecular flexibility index (Phi) is 4.44. The average Bonchev–Trinajstić information content (AvgIpc) is 3.30. The second-order valence-corrected chi connectivity index (χ2v) is 6.05.